The van der Waals surface area contributed by atoms with Gasteiger partial charge in [-0.2, -0.15) is 43.9 Å². The van der Waals surface area contributed by atoms with Gasteiger partial charge >= 0.3 is 24.2 Å². The van der Waals surface area contributed by atoms with Crippen LogP contribution in [-0.4, -0.2) is 33.8 Å². The summed E-state index contributed by atoms with van der Waals surface area (Å²) in [5.41, 5.74) is -6.06. The maximum absolute atomic E-state index is 14.6. The molecule has 0 heterocycles. The minimum Gasteiger partial charge on any atom is -0.226 e. The van der Waals surface area contributed by atoms with Crippen LogP contribution in [0.3, 0.4) is 0 Å². The Morgan fingerprint density at radius 1 is 0.621 bits per heavy atom. The lowest BCUT2D eigenvalue weighted by molar-refractivity contribution is -0.418. The molecule has 0 aliphatic rings. The average molecular weight is 564 g/mol. The summed E-state index contributed by atoms with van der Waals surface area (Å²) in [6, 6.07) is 0. The topological polar surface area (TPSA) is 0 Å². The van der Waals surface area contributed by atoms with Crippen LogP contribution >= 0.6 is 22.6 Å². The van der Waals surface area contributed by atoms with Crippen LogP contribution < -0.4 is 0 Å². The molecule has 0 N–H and O–H groups in total. The van der Waals surface area contributed by atoms with Crippen molar-refractivity contribution in [2.75, 3.05) is 0 Å². The SMILES string of the molecule is CCCCCCCCCC(I)C(C)C(F)(C(F)(F)F)C(F)(F)C(F)(F)C(F)(F)F. The molecule has 0 spiro atoms. The zero-order chi connectivity index (χ0) is 23.3. The smallest absolute Gasteiger partial charge is 0.226 e. The normalized spacial score (nSPS) is 18.4. The lowest BCUT2D eigenvalue weighted by atomic mass is 9.78. The van der Waals surface area contributed by atoms with Crippen molar-refractivity contribution < 1.29 is 48.3 Å². The van der Waals surface area contributed by atoms with Gasteiger partial charge in [0.15, 0.2) is 0 Å². The second-order valence-electron chi connectivity index (χ2n) is 7.07. The molecule has 3 unspecified atom stereocenters. The van der Waals surface area contributed by atoms with Crippen LogP contribution in [0.4, 0.5) is 48.3 Å². The van der Waals surface area contributed by atoms with Crippen LogP contribution in [0, 0.1) is 5.92 Å². The Morgan fingerprint density at radius 2 is 1.03 bits per heavy atom. The van der Waals surface area contributed by atoms with Gasteiger partial charge in [-0.05, 0) is 6.42 Å². The average Bonchev–Trinajstić information content (AvgIpc) is 2.56. The number of halogens is 12. The fraction of sp³-hybridized carbons (Fsp3) is 1.00. The Labute approximate surface area is 176 Å². The van der Waals surface area contributed by atoms with Crippen molar-refractivity contribution >= 4 is 22.6 Å². The van der Waals surface area contributed by atoms with Crippen molar-refractivity contribution in [3.05, 3.63) is 0 Å². The van der Waals surface area contributed by atoms with Gasteiger partial charge in [0, 0.05) is 9.84 Å². The molecule has 0 fully saturated rings. The third-order valence-electron chi connectivity index (χ3n) is 4.87. The van der Waals surface area contributed by atoms with Crippen LogP contribution in [0.25, 0.3) is 0 Å². The van der Waals surface area contributed by atoms with Gasteiger partial charge in [-0.15, -0.1) is 0 Å². The van der Waals surface area contributed by atoms with E-state index < -0.39 is 39.7 Å². The predicted molar refractivity (Wildman–Crippen MR) is 95.4 cm³/mol. The van der Waals surface area contributed by atoms with Crippen LogP contribution in [0.5, 0.6) is 0 Å². The maximum Gasteiger partial charge on any atom is 0.460 e. The molecule has 0 saturated heterocycles. The van der Waals surface area contributed by atoms with Crippen molar-refractivity contribution in [2.24, 2.45) is 5.92 Å². The fourth-order valence-corrected chi connectivity index (χ4v) is 3.86. The number of unbranched alkanes of at least 4 members (excludes halogenated alkanes) is 6. The molecule has 0 aliphatic carbocycles. The van der Waals surface area contributed by atoms with Crippen LogP contribution in [-0.2, 0) is 0 Å². The number of hydrogen-bond donors (Lipinski definition) is 0. The van der Waals surface area contributed by atoms with E-state index in [1.54, 1.807) is 0 Å². The van der Waals surface area contributed by atoms with Crippen molar-refractivity contribution in [1.82, 2.24) is 0 Å². The highest BCUT2D eigenvalue weighted by molar-refractivity contribution is 14.1. The fourth-order valence-electron chi connectivity index (χ4n) is 2.92. The van der Waals surface area contributed by atoms with Crippen LogP contribution in [0.15, 0.2) is 0 Å². The second kappa shape index (κ2) is 10.5. The molecule has 3 atom stereocenters. The van der Waals surface area contributed by atoms with E-state index >= 15 is 0 Å². The van der Waals surface area contributed by atoms with E-state index in [0.717, 1.165) is 25.7 Å². The van der Waals surface area contributed by atoms with Gasteiger partial charge in [0.25, 0.3) is 5.67 Å². The first-order valence-electron chi connectivity index (χ1n) is 9.11. The molecule has 0 saturated carbocycles. The summed E-state index contributed by atoms with van der Waals surface area (Å²) in [6.07, 6.45) is -8.79. The summed E-state index contributed by atoms with van der Waals surface area (Å²) in [5.74, 6) is -17.1. The highest BCUT2D eigenvalue weighted by atomic mass is 127. The maximum atomic E-state index is 14.6. The van der Waals surface area contributed by atoms with E-state index in [0.29, 0.717) is 12.8 Å². The van der Waals surface area contributed by atoms with Crippen LogP contribution in [0.2, 0.25) is 0 Å². The van der Waals surface area contributed by atoms with E-state index in [2.05, 4.69) is 0 Å². The Kier molecular flexibility index (Phi) is 10.5. The van der Waals surface area contributed by atoms with Crippen molar-refractivity contribution in [3.8, 4) is 0 Å². The lowest BCUT2D eigenvalue weighted by Crippen LogP contribution is -2.70. The minimum absolute atomic E-state index is 0.208. The molecule has 0 nitrogen and oxygen atoms in total. The van der Waals surface area contributed by atoms with E-state index in [-0.39, 0.29) is 19.8 Å². The molecule has 0 aromatic heterocycles. The molecular formula is C17H24F11I. The molecule has 12 heteroatoms. The lowest BCUT2D eigenvalue weighted by Gasteiger charge is -2.43. The number of alkyl halides is 12. The minimum atomic E-state index is -7.20. The largest absolute Gasteiger partial charge is 0.460 e. The molecule has 0 bridgehead atoms. The quantitative estimate of drug-likeness (QED) is 0.0964. The Hall–Kier alpha value is -0.0400. The standard InChI is InChI=1S/C17H24F11I/c1-3-4-5-6-7-8-9-10-12(29)11(2)13(18,16(23,24)25)14(19,20)15(21,22)17(26,27)28/h11-12H,3-10H2,1-2H3. The third kappa shape index (κ3) is 6.24. The zero-order valence-electron chi connectivity index (χ0n) is 15.8. The highest BCUT2D eigenvalue weighted by Crippen LogP contribution is 2.60. The first-order valence-corrected chi connectivity index (χ1v) is 10.4. The van der Waals surface area contributed by atoms with E-state index in [1.165, 1.54) is 22.6 Å². The number of hydrogen-bond acceptors (Lipinski definition) is 0. The number of rotatable bonds is 12. The third-order valence-corrected chi connectivity index (χ3v) is 6.57. The molecule has 0 radical (unpaired) electrons. The Balaban J connectivity index is 5.46. The summed E-state index contributed by atoms with van der Waals surface area (Å²) >= 11 is 1.20. The molecule has 0 rings (SSSR count). The summed E-state index contributed by atoms with van der Waals surface area (Å²) in [5, 5.41) is 0. The van der Waals surface area contributed by atoms with Gasteiger partial charge < -0.3 is 0 Å². The second-order valence-corrected chi connectivity index (χ2v) is 8.67. The van der Waals surface area contributed by atoms with Gasteiger partial charge in [-0.25, -0.2) is 4.39 Å². The molecule has 0 aromatic rings. The summed E-state index contributed by atoms with van der Waals surface area (Å²) < 4.78 is 144. The Bertz CT molecular complexity index is 487. The van der Waals surface area contributed by atoms with Gasteiger partial charge in [0.1, 0.15) is 0 Å². The van der Waals surface area contributed by atoms with E-state index in [9.17, 15) is 48.3 Å². The molecule has 0 aromatic carbocycles. The molecular weight excluding hydrogens is 540 g/mol. The van der Waals surface area contributed by atoms with Gasteiger partial charge in [-0.3, -0.25) is 0 Å². The monoisotopic (exact) mass is 564 g/mol. The van der Waals surface area contributed by atoms with Gasteiger partial charge in [0.05, 0.1) is 0 Å². The van der Waals surface area contributed by atoms with Gasteiger partial charge in [0.2, 0.25) is 0 Å². The summed E-state index contributed by atoms with van der Waals surface area (Å²) in [4.78, 5) is 0. The molecule has 0 aliphatic heterocycles. The van der Waals surface area contributed by atoms with Crippen molar-refractivity contribution in [1.29, 1.82) is 0 Å². The summed E-state index contributed by atoms with van der Waals surface area (Å²) in [7, 11) is 0. The van der Waals surface area contributed by atoms with E-state index in [1.807, 2.05) is 6.92 Å². The zero-order valence-corrected chi connectivity index (χ0v) is 18.0. The first-order chi connectivity index (χ1) is 12.9. The highest BCUT2D eigenvalue weighted by Gasteiger charge is 2.87. The van der Waals surface area contributed by atoms with Crippen molar-refractivity contribution in [2.45, 2.75) is 99.0 Å². The Morgan fingerprint density at radius 3 is 1.41 bits per heavy atom. The molecule has 0 amide bonds. The predicted octanol–water partition coefficient (Wildman–Crippen LogP) is 8.67. The van der Waals surface area contributed by atoms with Crippen LogP contribution in [0.1, 0.15) is 65.2 Å². The summed E-state index contributed by atoms with van der Waals surface area (Å²) in [6.45, 7) is 2.27. The first kappa shape index (κ1) is 29.0. The van der Waals surface area contributed by atoms with Crippen molar-refractivity contribution in [3.63, 3.8) is 0 Å². The molecule has 176 valence electrons. The molecule has 29 heavy (non-hydrogen) atoms. The van der Waals surface area contributed by atoms with E-state index in [4.69, 9.17) is 0 Å². The van der Waals surface area contributed by atoms with Gasteiger partial charge in [-0.1, -0.05) is 81.4 Å².